The van der Waals surface area contributed by atoms with E-state index in [4.69, 9.17) is 9.47 Å². The summed E-state index contributed by atoms with van der Waals surface area (Å²) in [6.07, 6.45) is 2.67. The highest BCUT2D eigenvalue weighted by Gasteiger charge is 2.45. The summed E-state index contributed by atoms with van der Waals surface area (Å²) in [6.45, 7) is -0.157. The van der Waals surface area contributed by atoms with Crippen molar-refractivity contribution in [3.63, 3.8) is 0 Å². The zero-order valence-corrected chi connectivity index (χ0v) is 16.9. The summed E-state index contributed by atoms with van der Waals surface area (Å²) in [5, 5.41) is 20.3. The number of hydrogen-bond donors (Lipinski definition) is 3. The van der Waals surface area contributed by atoms with Gasteiger partial charge in [-0.2, -0.15) is 0 Å². The van der Waals surface area contributed by atoms with E-state index in [9.17, 15) is 15.0 Å². The van der Waals surface area contributed by atoms with E-state index < -0.39 is 24.5 Å². The first-order chi connectivity index (χ1) is 15.7. The number of benzene rings is 1. The van der Waals surface area contributed by atoms with Crippen molar-refractivity contribution in [2.24, 2.45) is 0 Å². The molecule has 4 atom stereocenters. The van der Waals surface area contributed by atoms with Gasteiger partial charge in [-0.25, -0.2) is 9.97 Å². The van der Waals surface area contributed by atoms with Crippen molar-refractivity contribution >= 4 is 11.2 Å². The molecule has 0 aliphatic carbocycles. The number of nitrogens with one attached hydrogen (secondary N) is 1. The Bertz CT molecular complexity index is 1260. The Balaban J connectivity index is 1.37. The standard InChI is InChI=1S/C22H21N5O5/c28-9-16-18(29)19(22(32-16)27-12-26-17-20(27)24-11-25-21(17)30)31-10-13-1-3-14(4-2-13)15-5-7-23-8-6-15/h1-8,11-12,16,18-19,22,28-29H,9-10H2,(H,24,25,30)/t16-,18-,19-,22-/m1/s1. The van der Waals surface area contributed by atoms with E-state index in [-0.39, 0.29) is 24.3 Å². The van der Waals surface area contributed by atoms with E-state index in [1.165, 1.54) is 12.7 Å². The molecule has 0 spiro atoms. The number of nitrogens with zero attached hydrogens (tertiary/aromatic N) is 4. The predicted molar refractivity (Wildman–Crippen MR) is 113 cm³/mol. The van der Waals surface area contributed by atoms with Gasteiger partial charge < -0.3 is 24.7 Å². The molecule has 3 N–H and O–H groups in total. The third kappa shape index (κ3) is 3.69. The van der Waals surface area contributed by atoms with Gasteiger partial charge in [-0.15, -0.1) is 0 Å². The van der Waals surface area contributed by atoms with Gasteiger partial charge in [0, 0.05) is 12.4 Å². The maximum Gasteiger partial charge on any atom is 0.278 e. The molecule has 4 heterocycles. The van der Waals surface area contributed by atoms with Crippen LogP contribution in [0.25, 0.3) is 22.3 Å². The average molecular weight is 435 g/mol. The van der Waals surface area contributed by atoms with E-state index in [0.717, 1.165) is 16.7 Å². The van der Waals surface area contributed by atoms with Crippen LogP contribution in [-0.4, -0.2) is 59.6 Å². The number of aromatic amines is 1. The highest BCUT2D eigenvalue weighted by atomic mass is 16.6. The highest BCUT2D eigenvalue weighted by Crippen LogP contribution is 2.33. The molecule has 0 bridgehead atoms. The van der Waals surface area contributed by atoms with Gasteiger partial charge in [-0.3, -0.25) is 14.3 Å². The number of aliphatic hydroxyl groups is 2. The van der Waals surface area contributed by atoms with Crippen LogP contribution < -0.4 is 5.56 Å². The number of fused-ring (bicyclic) bond motifs is 1. The molecule has 4 aromatic rings. The third-order valence-corrected chi connectivity index (χ3v) is 5.54. The van der Waals surface area contributed by atoms with Crippen molar-refractivity contribution < 1.29 is 19.7 Å². The van der Waals surface area contributed by atoms with Gasteiger partial charge in [-0.1, -0.05) is 24.3 Å². The first-order valence-corrected chi connectivity index (χ1v) is 10.1. The van der Waals surface area contributed by atoms with Crippen molar-refractivity contribution in [2.45, 2.75) is 31.1 Å². The summed E-state index contributed by atoms with van der Waals surface area (Å²) in [4.78, 5) is 26.8. The molecule has 1 aromatic carbocycles. The number of aliphatic hydroxyl groups excluding tert-OH is 2. The Kier molecular flexibility index (Phi) is 5.50. The largest absolute Gasteiger partial charge is 0.394 e. The number of pyridine rings is 1. The second-order valence-electron chi connectivity index (χ2n) is 7.50. The average Bonchev–Trinajstić information content (AvgIpc) is 3.40. The Morgan fingerprint density at radius 2 is 1.84 bits per heavy atom. The Morgan fingerprint density at radius 1 is 1.09 bits per heavy atom. The second-order valence-corrected chi connectivity index (χ2v) is 7.50. The lowest BCUT2D eigenvalue weighted by Crippen LogP contribution is -2.35. The molecule has 5 rings (SSSR count). The molecular formula is C22H21N5O5. The summed E-state index contributed by atoms with van der Waals surface area (Å²) in [5.74, 6) is 0. The second kappa shape index (κ2) is 8.60. The van der Waals surface area contributed by atoms with Gasteiger partial charge >= 0.3 is 0 Å². The van der Waals surface area contributed by atoms with Gasteiger partial charge in [0.05, 0.1) is 25.9 Å². The van der Waals surface area contributed by atoms with E-state index >= 15 is 0 Å². The number of ether oxygens (including phenoxy) is 2. The third-order valence-electron chi connectivity index (χ3n) is 5.54. The highest BCUT2D eigenvalue weighted by molar-refractivity contribution is 5.69. The van der Waals surface area contributed by atoms with Crippen LogP contribution in [0.1, 0.15) is 11.8 Å². The first kappa shape index (κ1) is 20.5. The van der Waals surface area contributed by atoms with Crippen LogP contribution in [0.15, 0.2) is 66.2 Å². The molecule has 1 aliphatic rings. The molecule has 1 fully saturated rings. The molecular weight excluding hydrogens is 414 g/mol. The summed E-state index contributed by atoms with van der Waals surface area (Å²) in [6, 6.07) is 11.7. The predicted octanol–water partition coefficient (Wildman–Crippen LogP) is 1.02. The zero-order valence-electron chi connectivity index (χ0n) is 16.9. The quantitative estimate of drug-likeness (QED) is 0.408. The molecule has 3 aromatic heterocycles. The van der Waals surface area contributed by atoms with E-state index in [1.807, 2.05) is 36.4 Å². The van der Waals surface area contributed by atoms with Crippen LogP contribution in [-0.2, 0) is 16.1 Å². The Labute approximate surface area is 182 Å². The van der Waals surface area contributed by atoms with E-state index in [2.05, 4.69) is 19.9 Å². The minimum absolute atomic E-state index is 0.156. The molecule has 0 radical (unpaired) electrons. The number of hydrogen-bond acceptors (Lipinski definition) is 8. The van der Waals surface area contributed by atoms with Crippen molar-refractivity contribution in [3.8, 4) is 11.1 Å². The van der Waals surface area contributed by atoms with Gasteiger partial charge in [0.1, 0.15) is 18.3 Å². The van der Waals surface area contributed by atoms with Crippen LogP contribution in [0.3, 0.4) is 0 Å². The molecule has 0 amide bonds. The van der Waals surface area contributed by atoms with Crippen molar-refractivity contribution in [2.75, 3.05) is 6.61 Å². The number of imidazole rings is 1. The smallest absolute Gasteiger partial charge is 0.278 e. The lowest BCUT2D eigenvalue weighted by molar-refractivity contribution is -0.0761. The maximum atomic E-state index is 12.0. The number of rotatable bonds is 6. The van der Waals surface area contributed by atoms with Gasteiger partial charge in [0.2, 0.25) is 0 Å². The van der Waals surface area contributed by atoms with Gasteiger partial charge in [0.15, 0.2) is 17.4 Å². The van der Waals surface area contributed by atoms with Crippen LogP contribution in [0.4, 0.5) is 0 Å². The molecule has 0 unspecified atom stereocenters. The summed E-state index contributed by atoms with van der Waals surface area (Å²) in [7, 11) is 0. The van der Waals surface area contributed by atoms with Gasteiger partial charge in [0.25, 0.3) is 5.56 Å². The van der Waals surface area contributed by atoms with Crippen LogP contribution in [0.5, 0.6) is 0 Å². The molecule has 10 heteroatoms. The minimum atomic E-state index is -1.07. The minimum Gasteiger partial charge on any atom is -0.394 e. The fourth-order valence-corrected chi connectivity index (χ4v) is 3.85. The molecule has 164 valence electrons. The Hall–Kier alpha value is -3.44. The van der Waals surface area contributed by atoms with Gasteiger partial charge in [-0.05, 0) is 28.8 Å². The summed E-state index contributed by atoms with van der Waals surface area (Å²) >= 11 is 0. The summed E-state index contributed by atoms with van der Waals surface area (Å²) in [5.41, 5.74) is 3.11. The lowest BCUT2D eigenvalue weighted by Gasteiger charge is -2.22. The maximum absolute atomic E-state index is 12.0. The molecule has 10 nitrogen and oxygen atoms in total. The normalized spacial score (nSPS) is 23.1. The molecule has 0 saturated carbocycles. The fraction of sp³-hybridized carbons (Fsp3) is 0.273. The monoisotopic (exact) mass is 435 g/mol. The number of aromatic nitrogens is 5. The van der Waals surface area contributed by atoms with Crippen LogP contribution in [0, 0.1) is 0 Å². The fourth-order valence-electron chi connectivity index (χ4n) is 3.85. The molecule has 1 aliphatic heterocycles. The summed E-state index contributed by atoms with van der Waals surface area (Å²) < 4.78 is 13.4. The SMILES string of the molecule is O=c1[nH]cnc2c1ncn2[C@@H]1O[C@H](CO)[C@@H](O)[C@H]1OCc1ccc(-c2ccncc2)cc1. The van der Waals surface area contributed by atoms with Crippen LogP contribution in [0.2, 0.25) is 0 Å². The van der Waals surface area contributed by atoms with E-state index in [0.29, 0.717) is 5.65 Å². The molecule has 1 saturated heterocycles. The topological polar surface area (TPSA) is 135 Å². The lowest BCUT2D eigenvalue weighted by atomic mass is 10.1. The van der Waals surface area contributed by atoms with Crippen molar-refractivity contribution in [1.29, 1.82) is 0 Å². The van der Waals surface area contributed by atoms with Crippen molar-refractivity contribution in [3.05, 3.63) is 77.4 Å². The Morgan fingerprint density at radius 3 is 2.59 bits per heavy atom. The number of H-pyrrole nitrogens is 1. The first-order valence-electron chi connectivity index (χ1n) is 10.1. The zero-order chi connectivity index (χ0) is 22.1. The van der Waals surface area contributed by atoms with Crippen LogP contribution >= 0.6 is 0 Å². The van der Waals surface area contributed by atoms with Crippen molar-refractivity contribution in [1.82, 2.24) is 24.5 Å². The molecule has 32 heavy (non-hydrogen) atoms. The van der Waals surface area contributed by atoms with E-state index in [1.54, 1.807) is 17.0 Å².